The fraction of sp³-hybridized carbons (Fsp3) is 0.333. The molecule has 112 valence electrons. The van der Waals surface area contributed by atoms with Crippen molar-refractivity contribution in [1.82, 2.24) is 5.32 Å². The van der Waals surface area contributed by atoms with Gasteiger partial charge in [-0.15, -0.1) is 11.8 Å². The maximum atomic E-state index is 13.5. The standard InChI is InChI=1S/C18H22FNS/c1-4-20-18(17-11-15(19)9-8-14(17)3)12-21-16-7-5-6-13(2)10-16/h5-11,18,20H,4,12H2,1-3H3. The maximum absolute atomic E-state index is 13.5. The molecule has 0 aliphatic heterocycles. The summed E-state index contributed by atoms with van der Waals surface area (Å²) < 4.78 is 13.5. The van der Waals surface area contributed by atoms with Crippen molar-refractivity contribution in [2.24, 2.45) is 0 Å². The van der Waals surface area contributed by atoms with Gasteiger partial charge in [-0.2, -0.15) is 0 Å². The predicted octanol–water partition coefficient (Wildman–Crippen LogP) is 4.89. The number of thioether (sulfide) groups is 1. The SMILES string of the molecule is CCNC(CSc1cccc(C)c1)c1cc(F)ccc1C. The number of nitrogens with one attached hydrogen (secondary N) is 1. The molecule has 1 unspecified atom stereocenters. The Morgan fingerprint density at radius 2 is 1.95 bits per heavy atom. The van der Waals surface area contributed by atoms with Crippen molar-refractivity contribution < 1.29 is 4.39 Å². The highest BCUT2D eigenvalue weighted by Crippen LogP contribution is 2.27. The number of halogens is 1. The second kappa shape index (κ2) is 7.62. The summed E-state index contributed by atoms with van der Waals surface area (Å²) in [5.41, 5.74) is 3.45. The number of aryl methyl sites for hydroxylation is 2. The highest BCUT2D eigenvalue weighted by atomic mass is 32.2. The van der Waals surface area contributed by atoms with Crippen LogP contribution in [0.25, 0.3) is 0 Å². The minimum atomic E-state index is -0.168. The molecule has 2 aromatic carbocycles. The zero-order chi connectivity index (χ0) is 15.2. The summed E-state index contributed by atoms with van der Waals surface area (Å²) in [5, 5.41) is 3.46. The molecule has 1 atom stereocenters. The van der Waals surface area contributed by atoms with Crippen LogP contribution >= 0.6 is 11.8 Å². The zero-order valence-electron chi connectivity index (χ0n) is 12.8. The van der Waals surface area contributed by atoms with Crippen LogP contribution in [0.4, 0.5) is 4.39 Å². The summed E-state index contributed by atoms with van der Waals surface area (Å²) in [4.78, 5) is 1.26. The molecule has 21 heavy (non-hydrogen) atoms. The van der Waals surface area contributed by atoms with Gasteiger partial charge < -0.3 is 5.32 Å². The normalized spacial score (nSPS) is 12.4. The van der Waals surface area contributed by atoms with Gasteiger partial charge in [-0.1, -0.05) is 30.7 Å². The fourth-order valence-electron chi connectivity index (χ4n) is 2.38. The van der Waals surface area contributed by atoms with Crippen molar-refractivity contribution >= 4 is 11.8 Å². The quantitative estimate of drug-likeness (QED) is 0.763. The van der Waals surface area contributed by atoms with Crippen LogP contribution in [0, 0.1) is 19.7 Å². The highest BCUT2D eigenvalue weighted by molar-refractivity contribution is 7.99. The second-order valence-electron chi connectivity index (χ2n) is 5.24. The summed E-state index contributed by atoms with van der Waals surface area (Å²) in [5.74, 6) is 0.723. The molecule has 1 N–H and O–H groups in total. The summed E-state index contributed by atoms with van der Waals surface area (Å²) in [6, 6.07) is 13.7. The van der Waals surface area contributed by atoms with E-state index in [4.69, 9.17) is 0 Å². The van der Waals surface area contributed by atoms with Crippen LogP contribution in [0.5, 0.6) is 0 Å². The Bertz CT molecular complexity index is 598. The Kier molecular flexibility index (Phi) is 5.83. The number of benzene rings is 2. The van der Waals surface area contributed by atoms with Crippen LogP contribution in [0.15, 0.2) is 47.4 Å². The fourth-order valence-corrected chi connectivity index (χ4v) is 3.48. The first kappa shape index (κ1) is 16.1. The minimum Gasteiger partial charge on any atom is -0.309 e. The van der Waals surface area contributed by atoms with E-state index in [0.29, 0.717) is 0 Å². The van der Waals surface area contributed by atoms with E-state index in [-0.39, 0.29) is 11.9 Å². The van der Waals surface area contributed by atoms with E-state index in [1.54, 1.807) is 6.07 Å². The molecule has 0 amide bonds. The zero-order valence-corrected chi connectivity index (χ0v) is 13.6. The van der Waals surface area contributed by atoms with Crippen molar-refractivity contribution in [2.75, 3.05) is 12.3 Å². The molecule has 0 spiro atoms. The van der Waals surface area contributed by atoms with Crippen molar-refractivity contribution in [3.05, 3.63) is 65.0 Å². The molecule has 1 nitrogen and oxygen atoms in total. The first-order valence-corrected chi connectivity index (χ1v) is 8.27. The van der Waals surface area contributed by atoms with E-state index < -0.39 is 0 Å². The molecule has 3 heteroatoms. The van der Waals surface area contributed by atoms with Gasteiger partial charge in [0.05, 0.1) is 0 Å². The van der Waals surface area contributed by atoms with Gasteiger partial charge in [0.1, 0.15) is 5.82 Å². The van der Waals surface area contributed by atoms with E-state index in [9.17, 15) is 4.39 Å². The largest absolute Gasteiger partial charge is 0.309 e. The smallest absolute Gasteiger partial charge is 0.123 e. The van der Waals surface area contributed by atoms with Gasteiger partial charge in [0.15, 0.2) is 0 Å². The topological polar surface area (TPSA) is 12.0 Å². The molecule has 2 rings (SSSR count). The van der Waals surface area contributed by atoms with Crippen LogP contribution in [0.2, 0.25) is 0 Å². The van der Waals surface area contributed by atoms with E-state index in [1.165, 1.54) is 16.5 Å². The lowest BCUT2D eigenvalue weighted by molar-refractivity contribution is 0.586. The summed E-state index contributed by atoms with van der Waals surface area (Å²) >= 11 is 1.81. The van der Waals surface area contributed by atoms with E-state index in [0.717, 1.165) is 23.4 Å². The molecule has 0 heterocycles. The lowest BCUT2D eigenvalue weighted by atomic mass is 10.0. The molecule has 0 aromatic heterocycles. The third kappa shape index (κ3) is 4.58. The number of hydrogen-bond acceptors (Lipinski definition) is 2. The van der Waals surface area contributed by atoms with Crippen molar-refractivity contribution in [3.63, 3.8) is 0 Å². The third-order valence-corrected chi connectivity index (χ3v) is 4.56. The van der Waals surface area contributed by atoms with Crippen LogP contribution in [0.1, 0.15) is 29.7 Å². The Labute approximate surface area is 131 Å². The molecule has 0 bridgehead atoms. The maximum Gasteiger partial charge on any atom is 0.123 e. The lowest BCUT2D eigenvalue weighted by Gasteiger charge is -2.20. The van der Waals surface area contributed by atoms with Crippen molar-refractivity contribution in [3.8, 4) is 0 Å². The van der Waals surface area contributed by atoms with Gasteiger partial charge in [0, 0.05) is 16.7 Å². The first-order chi connectivity index (χ1) is 10.1. The Morgan fingerprint density at radius 3 is 2.67 bits per heavy atom. The first-order valence-electron chi connectivity index (χ1n) is 7.29. The Balaban J connectivity index is 2.13. The van der Waals surface area contributed by atoms with Crippen LogP contribution in [0.3, 0.4) is 0 Å². The van der Waals surface area contributed by atoms with Gasteiger partial charge in [-0.25, -0.2) is 4.39 Å². The Hall–Kier alpha value is -1.32. The van der Waals surface area contributed by atoms with Gasteiger partial charge in [-0.3, -0.25) is 0 Å². The third-order valence-electron chi connectivity index (χ3n) is 3.47. The van der Waals surface area contributed by atoms with Gasteiger partial charge in [0.2, 0.25) is 0 Å². The van der Waals surface area contributed by atoms with Gasteiger partial charge in [0.25, 0.3) is 0 Å². The van der Waals surface area contributed by atoms with E-state index >= 15 is 0 Å². The van der Waals surface area contributed by atoms with E-state index in [1.807, 2.05) is 24.8 Å². The summed E-state index contributed by atoms with van der Waals surface area (Å²) in [7, 11) is 0. The average Bonchev–Trinajstić information content (AvgIpc) is 2.46. The van der Waals surface area contributed by atoms with Gasteiger partial charge in [-0.05, 0) is 55.8 Å². The molecule has 2 aromatic rings. The monoisotopic (exact) mass is 303 g/mol. The molecule has 0 saturated carbocycles. The van der Waals surface area contributed by atoms with E-state index in [2.05, 4.69) is 43.4 Å². The van der Waals surface area contributed by atoms with Crippen LogP contribution < -0.4 is 5.32 Å². The number of rotatable bonds is 6. The summed E-state index contributed by atoms with van der Waals surface area (Å²) in [6.45, 7) is 7.09. The molecular formula is C18H22FNS. The Morgan fingerprint density at radius 1 is 1.14 bits per heavy atom. The summed E-state index contributed by atoms with van der Waals surface area (Å²) in [6.07, 6.45) is 0. The second-order valence-corrected chi connectivity index (χ2v) is 6.33. The number of hydrogen-bond donors (Lipinski definition) is 1. The highest BCUT2D eigenvalue weighted by Gasteiger charge is 2.14. The minimum absolute atomic E-state index is 0.163. The lowest BCUT2D eigenvalue weighted by Crippen LogP contribution is -2.23. The predicted molar refractivity (Wildman–Crippen MR) is 89.5 cm³/mol. The molecule has 0 aliphatic rings. The molecular weight excluding hydrogens is 281 g/mol. The van der Waals surface area contributed by atoms with Crippen LogP contribution in [-0.2, 0) is 0 Å². The van der Waals surface area contributed by atoms with Crippen LogP contribution in [-0.4, -0.2) is 12.3 Å². The average molecular weight is 303 g/mol. The van der Waals surface area contributed by atoms with Gasteiger partial charge >= 0.3 is 0 Å². The molecule has 0 fully saturated rings. The molecule has 0 aliphatic carbocycles. The molecule has 0 saturated heterocycles. The van der Waals surface area contributed by atoms with Crippen molar-refractivity contribution in [1.29, 1.82) is 0 Å². The van der Waals surface area contributed by atoms with Crippen molar-refractivity contribution in [2.45, 2.75) is 31.7 Å². The molecule has 0 radical (unpaired) electrons.